The van der Waals surface area contributed by atoms with E-state index in [0.717, 1.165) is 0 Å². The summed E-state index contributed by atoms with van der Waals surface area (Å²) in [6, 6.07) is 4.75. The number of nitrogens with one attached hydrogen (secondary N) is 1. The lowest BCUT2D eigenvalue weighted by Gasteiger charge is -2.09. The summed E-state index contributed by atoms with van der Waals surface area (Å²) < 4.78 is 13.5. The SMILES string of the molecule is CC(C)=C[C@H]1[C@H](C(=O)Nc2cccc(F)c2C)C1(C)C. The average Bonchev–Trinajstić information content (AvgIpc) is 2.86. The molecule has 1 aliphatic carbocycles. The third-order valence-corrected chi connectivity index (χ3v) is 4.23. The number of halogens is 1. The van der Waals surface area contributed by atoms with E-state index in [1.165, 1.54) is 11.6 Å². The lowest BCUT2D eigenvalue weighted by Crippen LogP contribution is -2.17. The van der Waals surface area contributed by atoms with Gasteiger partial charge in [0.2, 0.25) is 5.91 Å². The van der Waals surface area contributed by atoms with E-state index in [0.29, 0.717) is 11.3 Å². The van der Waals surface area contributed by atoms with Gasteiger partial charge >= 0.3 is 0 Å². The summed E-state index contributed by atoms with van der Waals surface area (Å²) in [6.45, 7) is 9.95. The number of anilines is 1. The van der Waals surface area contributed by atoms with Gasteiger partial charge in [0, 0.05) is 11.3 Å². The van der Waals surface area contributed by atoms with Crippen molar-refractivity contribution in [2.75, 3.05) is 5.32 Å². The molecule has 0 bridgehead atoms. The molecule has 1 aromatic carbocycles. The van der Waals surface area contributed by atoms with Crippen molar-refractivity contribution in [3.63, 3.8) is 0 Å². The summed E-state index contributed by atoms with van der Waals surface area (Å²) in [7, 11) is 0. The highest BCUT2D eigenvalue weighted by molar-refractivity contribution is 5.96. The molecule has 0 aliphatic heterocycles. The van der Waals surface area contributed by atoms with E-state index in [4.69, 9.17) is 0 Å². The maximum absolute atomic E-state index is 13.5. The van der Waals surface area contributed by atoms with Crippen LogP contribution in [0, 0.1) is 30.0 Å². The van der Waals surface area contributed by atoms with Crippen LogP contribution in [0.5, 0.6) is 0 Å². The predicted octanol–water partition coefficient (Wildman–Crippen LogP) is 4.31. The molecule has 0 unspecified atom stereocenters. The molecule has 20 heavy (non-hydrogen) atoms. The number of carbonyl (C=O) groups excluding carboxylic acids is 1. The second-order valence-electron chi connectivity index (χ2n) is 6.47. The Bertz CT molecular complexity index is 570. The van der Waals surface area contributed by atoms with Crippen molar-refractivity contribution in [3.8, 4) is 0 Å². The van der Waals surface area contributed by atoms with Crippen LogP contribution in [0.15, 0.2) is 29.8 Å². The molecule has 1 aromatic rings. The van der Waals surface area contributed by atoms with Gasteiger partial charge in [-0.25, -0.2) is 4.39 Å². The lowest BCUT2D eigenvalue weighted by molar-refractivity contribution is -0.118. The number of hydrogen-bond donors (Lipinski definition) is 1. The first-order valence-electron chi connectivity index (χ1n) is 6.96. The molecule has 1 fully saturated rings. The fourth-order valence-electron chi connectivity index (χ4n) is 2.80. The topological polar surface area (TPSA) is 29.1 Å². The maximum atomic E-state index is 13.5. The Morgan fingerprint density at radius 3 is 2.60 bits per heavy atom. The van der Waals surface area contributed by atoms with Crippen LogP contribution in [-0.4, -0.2) is 5.91 Å². The van der Waals surface area contributed by atoms with Gasteiger partial charge in [-0.2, -0.15) is 0 Å². The summed E-state index contributed by atoms with van der Waals surface area (Å²) in [6.07, 6.45) is 2.16. The molecular weight excluding hydrogens is 253 g/mol. The highest BCUT2D eigenvalue weighted by atomic mass is 19.1. The molecule has 0 spiro atoms. The van der Waals surface area contributed by atoms with Gasteiger partial charge < -0.3 is 5.32 Å². The largest absolute Gasteiger partial charge is 0.325 e. The van der Waals surface area contributed by atoms with Gasteiger partial charge in [0.25, 0.3) is 0 Å². The van der Waals surface area contributed by atoms with Crippen LogP contribution in [0.1, 0.15) is 33.3 Å². The third-order valence-electron chi connectivity index (χ3n) is 4.23. The highest BCUT2D eigenvalue weighted by Crippen LogP contribution is 2.59. The Labute approximate surface area is 120 Å². The van der Waals surface area contributed by atoms with Gasteiger partial charge in [-0.05, 0) is 44.2 Å². The number of allylic oxidation sites excluding steroid dienone is 2. The van der Waals surface area contributed by atoms with Crippen LogP contribution >= 0.6 is 0 Å². The first kappa shape index (κ1) is 14.8. The Morgan fingerprint density at radius 2 is 2.00 bits per heavy atom. The molecule has 2 atom stereocenters. The molecule has 1 N–H and O–H groups in total. The van der Waals surface area contributed by atoms with Gasteiger partial charge in [-0.3, -0.25) is 4.79 Å². The van der Waals surface area contributed by atoms with Gasteiger partial charge in [-0.1, -0.05) is 31.6 Å². The van der Waals surface area contributed by atoms with Crippen LogP contribution in [0.3, 0.4) is 0 Å². The number of amides is 1. The van der Waals surface area contributed by atoms with Crippen molar-refractivity contribution < 1.29 is 9.18 Å². The van der Waals surface area contributed by atoms with Crippen LogP contribution in [0.2, 0.25) is 0 Å². The number of carbonyl (C=O) groups is 1. The van der Waals surface area contributed by atoms with Gasteiger partial charge in [0.05, 0.1) is 5.92 Å². The maximum Gasteiger partial charge on any atom is 0.228 e. The van der Waals surface area contributed by atoms with E-state index >= 15 is 0 Å². The van der Waals surface area contributed by atoms with Crippen molar-refractivity contribution in [1.82, 2.24) is 0 Å². The van der Waals surface area contributed by atoms with Gasteiger partial charge in [0.15, 0.2) is 0 Å². The fourth-order valence-corrected chi connectivity index (χ4v) is 2.80. The highest BCUT2D eigenvalue weighted by Gasteiger charge is 2.60. The zero-order chi connectivity index (χ0) is 15.1. The van der Waals surface area contributed by atoms with Crippen molar-refractivity contribution in [2.24, 2.45) is 17.3 Å². The van der Waals surface area contributed by atoms with Crippen LogP contribution < -0.4 is 5.32 Å². The molecule has 2 rings (SSSR count). The molecule has 108 valence electrons. The summed E-state index contributed by atoms with van der Waals surface area (Å²) in [5.41, 5.74) is 2.25. The molecule has 0 saturated heterocycles. The minimum absolute atomic E-state index is 0.0220. The van der Waals surface area contributed by atoms with Crippen molar-refractivity contribution in [2.45, 2.75) is 34.6 Å². The third kappa shape index (κ3) is 2.62. The minimum atomic E-state index is -0.293. The Hall–Kier alpha value is -1.64. The van der Waals surface area contributed by atoms with E-state index in [9.17, 15) is 9.18 Å². The second kappa shape index (κ2) is 5.04. The number of hydrogen-bond acceptors (Lipinski definition) is 1. The summed E-state index contributed by atoms with van der Waals surface area (Å²) in [5.74, 6) is -0.0914. The molecule has 2 nitrogen and oxygen atoms in total. The molecule has 0 heterocycles. The predicted molar refractivity (Wildman–Crippen MR) is 80.0 cm³/mol. The van der Waals surface area contributed by atoms with Crippen molar-refractivity contribution in [3.05, 3.63) is 41.2 Å². The summed E-state index contributed by atoms with van der Waals surface area (Å²) in [5, 5.41) is 2.86. The first-order chi connectivity index (χ1) is 9.25. The summed E-state index contributed by atoms with van der Waals surface area (Å²) in [4.78, 5) is 12.4. The smallest absolute Gasteiger partial charge is 0.228 e. The van der Waals surface area contributed by atoms with Gasteiger partial charge in [0.1, 0.15) is 5.82 Å². The monoisotopic (exact) mass is 275 g/mol. The zero-order valence-corrected chi connectivity index (χ0v) is 12.8. The normalized spacial score (nSPS) is 23.1. The van der Waals surface area contributed by atoms with E-state index in [-0.39, 0.29) is 29.0 Å². The van der Waals surface area contributed by atoms with E-state index in [2.05, 4.69) is 25.2 Å². The molecule has 1 aliphatic rings. The number of benzene rings is 1. The molecule has 0 radical (unpaired) electrons. The second-order valence-corrected chi connectivity index (χ2v) is 6.47. The Morgan fingerprint density at radius 1 is 1.35 bits per heavy atom. The molecule has 0 aromatic heterocycles. The quantitative estimate of drug-likeness (QED) is 0.818. The van der Waals surface area contributed by atoms with Crippen LogP contribution in [0.25, 0.3) is 0 Å². The van der Waals surface area contributed by atoms with E-state index in [1.54, 1.807) is 19.1 Å². The first-order valence-corrected chi connectivity index (χ1v) is 6.96. The van der Waals surface area contributed by atoms with Crippen LogP contribution in [-0.2, 0) is 4.79 Å². The molecule has 1 saturated carbocycles. The van der Waals surface area contributed by atoms with Crippen molar-refractivity contribution >= 4 is 11.6 Å². The standard InChI is InChI=1S/C17H22FNO/c1-10(2)9-12-15(17(12,4)5)16(20)19-14-8-6-7-13(18)11(14)3/h6-9,12,15H,1-5H3,(H,19,20)/t12-,15+/m0/s1. The Kier molecular flexibility index (Phi) is 3.72. The van der Waals surface area contributed by atoms with Gasteiger partial charge in [-0.15, -0.1) is 0 Å². The number of rotatable bonds is 3. The van der Waals surface area contributed by atoms with E-state index in [1.807, 2.05) is 13.8 Å². The minimum Gasteiger partial charge on any atom is -0.325 e. The van der Waals surface area contributed by atoms with Crippen LogP contribution in [0.4, 0.5) is 10.1 Å². The lowest BCUT2D eigenvalue weighted by atomic mass is 10.1. The molecule has 1 amide bonds. The molecule has 3 heteroatoms. The van der Waals surface area contributed by atoms with E-state index < -0.39 is 0 Å². The molecular formula is C17H22FNO. The Balaban J connectivity index is 2.14. The average molecular weight is 275 g/mol. The zero-order valence-electron chi connectivity index (χ0n) is 12.8. The van der Waals surface area contributed by atoms with Crippen molar-refractivity contribution in [1.29, 1.82) is 0 Å². The fraction of sp³-hybridized carbons (Fsp3) is 0.471. The summed E-state index contributed by atoms with van der Waals surface area (Å²) >= 11 is 0.